The van der Waals surface area contributed by atoms with Gasteiger partial charge < -0.3 is 49.9 Å². The number of nitrogens with one attached hydrogen (secondary N) is 4. The third-order valence-electron chi connectivity index (χ3n) is 11.3. The number of nitro groups is 1. The van der Waals surface area contributed by atoms with Gasteiger partial charge in [-0.3, -0.25) is 29.7 Å². The second-order valence-electron chi connectivity index (χ2n) is 16.8. The number of carbonyl (C=O) groups is 2. The van der Waals surface area contributed by atoms with E-state index in [0.717, 1.165) is 39.1 Å². The van der Waals surface area contributed by atoms with E-state index in [1.54, 1.807) is 67.0 Å². The van der Waals surface area contributed by atoms with Crippen LogP contribution in [0.2, 0.25) is 0 Å². The lowest BCUT2D eigenvalue weighted by molar-refractivity contribution is -0.384. The van der Waals surface area contributed by atoms with Gasteiger partial charge in [0.1, 0.15) is 23.3 Å². The zero-order valence-electron chi connectivity index (χ0n) is 39.2. The fraction of sp³-hybridized carbons (Fsp3) is 0.0370. The molecule has 0 aliphatic carbocycles. The van der Waals surface area contributed by atoms with E-state index < -0.39 is 4.92 Å². The zero-order valence-corrected chi connectivity index (χ0v) is 39.2. The van der Waals surface area contributed by atoms with Crippen molar-refractivity contribution in [3.8, 4) is 0 Å². The highest BCUT2D eigenvalue weighted by Gasteiger charge is 2.14. The van der Waals surface area contributed by atoms with Crippen molar-refractivity contribution in [1.82, 2.24) is 29.9 Å². The van der Waals surface area contributed by atoms with Crippen molar-refractivity contribution in [2.75, 3.05) is 49.9 Å². The van der Waals surface area contributed by atoms with Crippen molar-refractivity contribution in [2.24, 2.45) is 0 Å². The summed E-state index contributed by atoms with van der Waals surface area (Å²) in [5.74, 6) is 1.46. The Kier molecular flexibility index (Phi) is 14.0. The highest BCUT2D eigenvalue weighted by Crippen LogP contribution is 2.30. The molecule has 4 aromatic heterocycles. The topological polar surface area (TPSA) is 333 Å². The van der Waals surface area contributed by atoms with Gasteiger partial charge in [-0.1, -0.05) is 48.5 Å². The molecule has 0 spiro atoms. The van der Waals surface area contributed by atoms with E-state index in [1.807, 2.05) is 91.0 Å². The van der Waals surface area contributed by atoms with Crippen LogP contribution in [0.25, 0.3) is 21.8 Å². The average molecular weight is 983 g/mol. The molecule has 0 unspecified atom stereocenters. The van der Waals surface area contributed by atoms with Gasteiger partial charge in [-0.25, -0.2) is 0 Å². The largest absolute Gasteiger partial charge is 0.399 e. The van der Waals surface area contributed by atoms with Crippen LogP contribution in [0.15, 0.2) is 170 Å². The molecule has 0 bridgehead atoms. The Bertz CT molecular complexity index is 3690. The lowest BCUT2D eigenvalue weighted by atomic mass is 10.0. The van der Waals surface area contributed by atoms with Gasteiger partial charge in [0.2, 0.25) is 11.9 Å². The van der Waals surface area contributed by atoms with Crippen LogP contribution in [0, 0.1) is 10.1 Å². The molecule has 0 fully saturated rings. The molecule has 4 heterocycles. The molecule has 0 aliphatic heterocycles. The minimum atomic E-state index is -0.435. The van der Waals surface area contributed by atoms with Crippen LogP contribution in [0.1, 0.15) is 31.8 Å². The molecule has 0 saturated heterocycles. The van der Waals surface area contributed by atoms with Crippen molar-refractivity contribution < 1.29 is 14.5 Å². The number of nitrogen functional groups attached to an aromatic ring is 5. The van der Waals surface area contributed by atoms with Crippen LogP contribution in [-0.4, -0.2) is 46.4 Å². The molecule has 74 heavy (non-hydrogen) atoms. The second kappa shape index (κ2) is 21.5. The number of hydrogen-bond acceptors (Lipinski definition) is 19. The van der Waals surface area contributed by atoms with Gasteiger partial charge >= 0.3 is 0 Å². The Morgan fingerprint density at radius 3 is 1.39 bits per heavy atom. The van der Waals surface area contributed by atoms with E-state index in [2.05, 4.69) is 51.2 Å². The Morgan fingerprint density at radius 1 is 0.473 bits per heavy atom. The molecule has 10 aromatic rings. The Morgan fingerprint density at radius 2 is 0.932 bits per heavy atom. The number of aromatic nitrogens is 6. The third kappa shape index (κ3) is 12.2. The molecular weight excluding hydrogens is 937 g/mol. The van der Waals surface area contributed by atoms with Gasteiger partial charge in [-0.15, -0.1) is 0 Å². The number of fused-ring (bicyclic) bond motifs is 2. The smallest absolute Gasteiger partial charge is 0.270 e. The number of Topliss-reactive ketones (excluding diaryl/α,β-unsaturated/α-hetero) is 2. The van der Waals surface area contributed by atoms with Gasteiger partial charge in [0, 0.05) is 111 Å². The molecule has 20 heteroatoms. The SMILES string of the molecule is Nc1cc(Nc2cccc(C(=O)Cc3ccc(Nc4ccnc5ccc([N+](=O)[O-])cc45)cc3)c2)nc(N)n1.Nc1ccc2nccc(Nc3ccc(CC(=O)c4cccc(Nc5cc(N)nc(N)n5)c4)cc3)c2c1. The maximum Gasteiger partial charge on any atom is 0.270 e. The van der Waals surface area contributed by atoms with Crippen molar-refractivity contribution >= 4 is 114 Å². The monoisotopic (exact) mass is 982 g/mol. The van der Waals surface area contributed by atoms with Gasteiger partial charge in [0.05, 0.1) is 16.0 Å². The number of nitrogens with zero attached hydrogens (tertiary/aromatic N) is 7. The average Bonchev–Trinajstić information content (AvgIpc) is 3.37. The third-order valence-corrected chi connectivity index (χ3v) is 11.3. The highest BCUT2D eigenvalue weighted by molar-refractivity contribution is 6.00. The first-order chi connectivity index (χ1) is 35.8. The quantitative estimate of drug-likeness (QED) is 0.0200. The number of rotatable bonds is 15. The maximum atomic E-state index is 13.0. The highest BCUT2D eigenvalue weighted by atomic mass is 16.6. The van der Waals surface area contributed by atoms with E-state index in [1.165, 1.54) is 12.1 Å². The Balaban J connectivity index is 0.000000182. The number of non-ortho nitro benzene ring substituents is 1. The van der Waals surface area contributed by atoms with Crippen LogP contribution in [0.5, 0.6) is 0 Å². The number of ketones is 2. The van der Waals surface area contributed by atoms with E-state index in [9.17, 15) is 19.7 Å². The molecule has 0 atom stereocenters. The number of anilines is 13. The normalized spacial score (nSPS) is 10.8. The van der Waals surface area contributed by atoms with Crippen LogP contribution in [0.4, 0.5) is 80.7 Å². The summed E-state index contributed by atoms with van der Waals surface area (Å²) in [4.78, 5) is 61.2. The molecular formula is C54H46N16O4. The second-order valence-corrected chi connectivity index (χ2v) is 16.8. The van der Waals surface area contributed by atoms with E-state index >= 15 is 0 Å². The van der Waals surface area contributed by atoms with Gasteiger partial charge in [-0.05, 0) is 96.1 Å². The fourth-order valence-electron chi connectivity index (χ4n) is 7.86. The lowest BCUT2D eigenvalue weighted by Gasteiger charge is -2.11. The maximum absolute atomic E-state index is 13.0. The van der Waals surface area contributed by atoms with Crippen LogP contribution < -0.4 is 49.9 Å². The summed E-state index contributed by atoms with van der Waals surface area (Å²) in [7, 11) is 0. The summed E-state index contributed by atoms with van der Waals surface area (Å²) in [6.45, 7) is 0. The standard InChI is InChI=1S/C27H22N8O3.C27H24N8O/c28-25-15-26(34-27(29)33-25)32-19-3-1-2-17(13-19)24(36)12-16-4-6-18(7-5-16)31-23-10-11-30-22-9-8-20(35(37)38)14-21(22)23;28-18-6-9-22-21(14-18)23(10-11-31-22)32-19-7-4-16(5-8-19)12-24(36)17-2-1-3-20(13-17)33-26-15-25(29)34-27(30)35-26/h1-11,13-15H,12H2,(H,30,31)(H5,28,29,32,33,34);1-11,13-15H,12,28H2,(H,31,32)(H5,29,30,33,34,35). The molecule has 0 aliphatic rings. The zero-order chi connectivity index (χ0) is 51.7. The van der Waals surface area contributed by atoms with Gasteiger partial charge in [-0.2, -0.15) is 19.9 Å². The summed E-state index contributed by atoms with van der Waals surface area (Å²) in [6, 6.07) is 46.4. The number of pyridine rings is 2. The number of nitro benzene ring substituents is 1. The van der Waals surface area contributed by atoms with Crippen LogP contribution in [-0.2, 0) is 12.8 Å². The Hall–Kier alpha value is -10.8. The minimum absolute atomic E-state index is 0.00308. The first-order valence-electron chi connectivity index (χ1n) is 22.8. The van der Waals surface area contributed by atoms with E-state index in [0.29, 0.717) is 56.4 Å². The lowest BCUT2D eigenvalue weighted by Crippen LogP contribution is -2.05. The van der Waals surface area contributed by atoms with Crippen LogP contribution in [0.3, 0.4) is 0 Å². The molecule has 0 radical (unpaired) electrons. The van der Waals surface area contributed by atoms with Gasteiger partial charge in [0.25, 0.3) is 5.69 Å². The number of carbonyl (C=O) groups excluding carboxylic acids is 2. The minimum Gasteiger partial charge on any atom is -0.399 e. The van der Waals surface area contributed by atoms with Crippen molar-refractivity contribution in [3.63, 3.8) is 0 Å². The predicted octanol–water partition coefficient (Wildman–Crippen LogP) is 9.69. The first kappa shape index (κ1) is 48.3. The van der Waals surface area contributed by atoms with Crippen LogP contribution >= 0.6 is 0 Å². The first-order valence-corrected chi connectivity index (χ1v) is 22.8. The van der Waals surface area contributed by atoms with E-state index in [-0.39, 0.29) is 53.6 Å². The van der Waals surface area contributed by atoms with Gasteiger partial charge in [0.15, 0.2) is 11.6 Å². The summed E-state index contributed by atoms with van der Waals surface area (Å²) >= 11 is 0. The fourth-order valence-corrected chi connectivity index (χ4v) is 7.86. The molecule has 20 nitrogen and oxygen atoms in total. The number of benzene rings is 6. The van der Waals surface area contributed by atoms with Crippen molar-refractivity contribution in [3.05, 3.63) is 202 Å². The van der Waals surface area contributed by atoms with E-state index in [4.69, 9.17) is 28.7 Å². The number of hydrogen-bond donors (Lipinski definition) is 9. The van der Waals surface area contributed by atoms with Crippen molar-refractivity contribution in [2.45, 2.75) is 12.8 Å². The molecule has 0 saturated carbocycles. The van der Waals surface area contributed by atoms with Crippen molar-refractivity contribution in [1.29, 1.82) is 0 Å². The number of nitrogens with two attached hydrogens (primary N) is 5. The summed E-state index contributed by atoms with van der Waals surface area (Å²) in [6.07, 6.45) is 3.88. The Labute approximate surface area is 422 Å². The molecule has 366 valence electrons. The predicted molar refractivity (Wildman–Crippen MR) is 291 cm³/mol. The summed E-state index contributed by atoms with van der Waals surface area (Å²) in [5, 5.41) is 25.6. The molecule has 10 rings (SSSR count). The molecule has 14 N–H and O–H groups in total. The summed E-state index contributed by atoms with van der Waals surface area (Å²) < 4.78 is 0. The molecule has 6 aromatic carbocycles. The molecule has 0 amide bonds. The summed E-state index contributed by atoms with van der Waals surface area (Å²) in [5.41, 5.74) is 38.4.